The van der Waals surface area contributed by atoms with Crippen LogP contribution < -0.4 is 4.72 Å². The molecule has 1 aliphatic rings. The van der Waals surface area contributed by atoms with Gasteiger partial charge < -0.3 is 9.45 Å². The number of carbonyl (C=O) groups is 1. The van der Waals surface area contributed by atoms with Gasteiger partial charge in [-0.25, -0.2) is 9.11 Å². The van der Waals surface area contributed by atoms with E-state index in [-0.39, 0.29) is 10.9 Å². The Balaban J connectivity index is 1.21. The van der Waals surface area contributed by atoms with E-state index in [0.29, 0.717) is 41.3 Å². The van der Waals surface area contributed by atoms with Gasteiger partial charge in [-0.05, 0) is 60.5 Å². The summed E-state index contributed by atoms with van der Waals surface area (Å²) >= 11 is 4.39. The fraction of sp³-hybridized carbons (Fsp3) is 0.214. The van der Waals surface area contributed by atoms with Crippen LogP contribution in [0.1, 0.15) is 21.5 Å². The number of piperazine rings is 1. The lowest BCUT2D eigenvalue weighted by molar-refractivity contribution is 0.0628. The van der Waals surface area contributed by atoms with Gasteiger partial charge in [0.15, 0.2) is 0 Å². The monoisotopic (exact) mass is 536 g/mol. The third-order valence-corrected chi connectivity index (χ3v) is 7.95. The van der Waals surface area contributed by atoms with E-state index in [1.54, 1.807) is 36.5 Å². The van der Waals surface area contributed by atoms with Crippen LogP contribution in [0.5, 0.6) is 0 Å². The van der Waals surface area contributed by atoms with Gasteiger partial charge >= 0.3 is 0 Å². The molecule has 37 heavy (non-hydrogen) atoms. The maximum absolute atomic E-state index is 13.4. The largest absolute Gasteiger partial charge is 0.588 e. The second-order valence-electron chi connectivity index (χ2n) is 9.05. The molecular formula is C28H26ClFN4O2S. The Morgan fingerprint density at radius 1 is 1.08 bits per heavy atom. The average Bonchev–Trinajstić information content (AvgIpc) is 2.91. The summed E-state index contributed by atoms with van der Waals surface area (Å²) in [7, 11) is 0. The molecule has 6 nitrogen and oxygen atoms in total. The third kappa shape index (κ3) is 5.72. The minimum Gasteiger partial charge on any atom is -0.588 e. The minimum absolute atomic E-state index is 0.0292. The van der Waals surface area contributed by atoms with Crippen molar-refractivity contribution in [2.45, 2.75) is 18.4 Å². The van der Waals surface area contributed by atoms with Crippen LogP contribution in [0, 0.1) is 12.7 Å². The Kier molecular flexibility index (Phi) is 7.62. The summed E-state index contributed by atoms with van der Waals surface area (Å²) in [4.78, 5) is 22.2. The van der Waals surface area contributed by atoms with E-state index in [1.165, 1.54) is 6.07 Å². The van der Waals surface area contributed by atoms with Gasteiger partial charge in [0.2, 0.25) is 4.90 Å². The Hall–Kier alpha value is -3.17. The topological polar surface area (TPSA) is 71.5 Å². The van der Waals surface area contributed by atoms with Crippen molar-refractivity contribution >= 4 is 45.5 Å². The van der Waals surface area contributed by atoms with Crippen molar-refractivity contribution < 1.29 is 13.7 Å². The van der Waals surface area contributed by atoms with Gasteiger partial charge in [0.25, 0.3) is 5.91 Å². The molecule has 4 aromatic rings. The smallest absolute Gasteiger partial charge is 0.253 e. The number of nitrogens with zero attached hydrogens (tertiary/aromatic N) is 3. The summed E-state index contributed by atoms with van der Waals surface area (Å²) < 4.78 is 29.6. The highest BCUT2D eigenvalue weighted by atomic mass is 35.5. The lowest BCUT2D eigenvalue weighted by Gasteiger charge is -2.35. The summed E-state index contributed by atoms with van der Waals surface area (Å²) in [5, 5.41) is 1.05. The molecule has 1 saturated heterocycles. The summed E-state index contributed by atoms with van der Waals surface area (Å²) in [6.07, 6.45) is 1.69. The van der Waals surface area contributed by atoms with Gasteiger partial charge in [-0.1, -0.05) is 35.9 Å². The minimum atomic E-state index is -1.51. The Bertz CT molecular complexity index is 1440. The summed E-state index contributed by atoms with van der Waals surface area (Å²) in [6.45, 7) is 5.19. The van der Waals surface area contributed by atoms with E-state index in [0.717, 1.165) is 29.6 Å². The predicted molar refractivity (Wildman–Crippen MR) is 146 cm³/mol. The normalized spacial score (nSPS) is 15.1. The summed E-state index contributed by atoms with van der Waals surface area (Å²) in [5.41, 5.74) is 3.77. The van der Waals surface area contributed by atoms with E-state index in [1.807, 2.05) is 42.2 Å². The highest BCUT2D eigenvalue weighted by Crippen LogP contribution is 2.26. The van der Waals surface area contributed by atoms with Gasteiger partial charge in [-0.3, -0.25) is 14.7 Å². The molecule has 1 aliphatic heterocycles. The molecule has 9 heteroatoms. The van der Waals surface area contributed by atoms with Crippen molar-refractivity contribution in [1.82, 2.24) is 14.8 Å². The van der Waals surface area contributed by atoms with Gasteiger partial charge in [0, 0.05) is 49.9 Å². The van der Waals surface area contributed by atoms with Crippen LogP contribution in [-0.2, 0) is 17.9 Å². The predicted octanol–water partition coefficient (Wildman–Crippen LogP) is 5.43. The number of fused-ring (bicyclic) bond motifs is 1. The second kappa shape index (κ2) is 11.1. The SMILES string of the molecule is Cc1cc(C(=O)N2CCN(Cc3ccc(F)c(Cl)c3)CC2)ccc1N[S+]([O-])c1cccc2cccnc12. The molecule has 1 N–H and O–H groups in total. The maximum atomic E-state index is 13.4. The molecule has 0 radical (unpaired) electrons. The lowest BCUT2D eigenvalue weighted by atomic mass is 10.1. The molecule has 1 amide bonds. The number of nitrogens with one attached hydrogen (secondary N) is 1. The van der Waals surface area contributed by atoms with E-state index < -0.39 is 17.2 Å². The number of hydrogen-bond acceptors (Lipinski definition) is 5. The van der Waals surface area contributed by atoms with Crippen LogP contribution >= 0.6 is 11.6 Å². The molecule has 2 heterocycles. The molecule has 0 spiro atoms. The van der Waals surface area contributed by atoms with Gasteiger partial charge in [-0.15, -0.1) is 0 Å². The number of aromatic nitrogens is 1. The van der Waals surface area contributed by atoms with Gasteiger partial charge in [0.05, 0.1) is 10.7 Å². The van der Waals surface area contributed by atoms with Crippen LogP contribution in [0.2, 0.25) is 5.02 Å². The molecule has 1 fully saturated rings. The molecular weight excluding hydrogens is 511 g/mol. The van der Waals surface area contributed by atoms with Crippen LogP contribution in [0.4, 0.5) is 10.1 Å². The zero-order chi connectivity index (χ0) is 25.9. The number of amides is 1. The molecule has 1 atom stereocenters. The first-order chi connectivity index (χ1) is 17.9. The fourth-order valence-corrected chi connectivity index (χ4v) is 5.77. The first-order valence-corrected chi connectivity index (χ1v) is 13.5. The number of aryl methyl sites for hydroxylation is 1. The van der Waals surface area contributed by atoms with Crippen molar-refractivity contribution in [2.75, 3.05) is 30.9 Å². The van der Waals surface area contributed by atoms with Crippen LogP contribution in [-0.4, -0.2) is 51.4 Å². The number of rotatable bonds is 6. The van der Waals surface area contributed by atoms with Crippen molar-refractivity contribution in [3.05, 3.63) is 100 Å². The highest BCUT2D eigenvalue weighted by Gasteiger charge is 2.23. The third-order valence-electron chi connectivity index (χ3n) is 6.52. The van der Waals surface area contributed by atoms with Crippen LogP contribution in [0.25, 0.3) is 10.9 Å². The molecule has 0 saturated carbocycles. The van der Waals surface area contributed by atoms with Crippen molar-refractivity contribution in [3.63, 3.8) is 0 Å². The first kappa shape index (κ1) is 25.5. The van der Waals surface area contributed by atoms with E-state index in [4.69, 9.17) is 11.6 Å². The van der Waals surface area contributed by atoms with Crippen molar-refractivity contribution in [1.29, 1.82) is 0 Å². The first-order valence-electron chi connectivity index (χ1n) is 12.0. The summed E-state index contributed by atoms with van der Waals surface area (Å²) in [6, 6.07) is 19.6. The molecule has 1 unspecified atom stereocenters. The standard InChI is InChI=1S/C28H26ClFN4O2S/c1-19-16-22(8-10-25(19)32-37(36)26-6-2-4-21-5-3-11-31-27(21)26)28(35)34-14-12-33(13-15-34)18-20-7-9-24(30)23(29)17-20/h2-11,16-17,32H,12-15,18H2,1H3. The lowest BCUT2D eigenvalue weighted by Crippen LogP contribution is -2.48. The second-order valence-corrected chi connectivity index (χ2v) is 10.6. The number of halogens is 2. The highest BCUT2D eigenvalue weighted by molar-refractivity contribution is 7.93. The summed E-state index contributed by atoms with van der Waals surface area (Å²) in [5.74, 6) is -0.451. The quantitative estimate of drug-likeness (QED) is 0.333. The van der Waals surface area contributed by atoms with Gasteiger partial charge in [-0.2, -0.15) is 0 Å². The molecule has 0 aliphatic carbocycles. The number of carbonyl (C=O) groups excluding carboxylic acids is 1. The van der Waals surface area contributed by atoms with Gasteiger partial charge in [0.1, 0.15) is 22.7 Å². The Morgan fingerprint density at radius 3 is 2.62 bits per heavy atom. The van der Waals surface area contributed by atoms with E-state index in [2.05, 4.69) is 14.6 Å². The molecule has 190 valence electrons. The molecule has 3 aromatic carbocycles. The molecule has 5 rings (SSSR count). The Morgan fingerprint density at radius 2 is 1.86 bits per heavy atom. The number of benzene rings is 3. The van der Waals surface area contributed by atoms with E-state index in [9.17, 15) is 13.7 Å². The van der Waals surface area contributed by atoms with Crippen LogP contribution in [0.3, 0.4) is 0 Å². The zero-order valence-electron chi connectivity index (χ0n) is 20.3. The van der Waals surface area contributed by atoms with Crippen molar-refractivity contribution in [2.24, 2.45) is 0 Å². The Labute approximate surface area is 223 Å². The van der Waals surface area contributed by atoms with Crippen molar-refractivity contribution in [3.8, 4) is 0 Å². The number of para-hydroxylation sites is 1. The molecule has 0 bridgehead atoms. The molecule has 1 aromatic heterocycles. The van der Waals surface area contributed by atoms with E-state index >= 15 is 0 Å². The fourth-order valence-electron chi connectivity index (χ4n) is 4.48. The zero-order valence-corrected chi connectivity index (χ0v) is 21.9. The maximum Gasteiger partial charge on any atom is 0.253 e. The number of hydrogen-bond donors (Lipinski definition) is 1. The van der Waals surface area contributed by atoms with Crippen LogP contribution in [0.15, 0.2) is 77.8 Å². The average molecular weight is 537 g/mol. The number of anilines is 1. The number of pyridine rings is 1.